The number of anilines is 1. The van der Waals surface area contributed by atoms with Crippen LogP contribution in [0.1, 0.15) is 43.5 Å². The number of aromatic nitrogens is 1. The number of pyridine rings is 1. The first-order valence-corrected chi connectivity index (χ1v) is 11.7. The van der Waals surface area contributed by atoms with E-state index in [9.17, 15) is 24.0 Å². The number of carboxylic acid groups (broad SMARTS) is 1. The van der Waals surface area contributed by atoms with Gasteiger partial charge in [0.25, 0.3) is 11.5 Å². The molecule has 3 amide bonds. The minimum atomic E-state index is -1.12. The first-order chi connectivity index (χ1) is 17.2. The minimum Gasteiger partial charge on any atom is -0.478 e. The molecule has 2 aromatic rings. The standard InChI is InChI=1S/C26H32N4O6/c1-18(2)14-15-27-22(31)17-30-16-8-12-21(26(30)36)29-25(35)20(11-6-7-13-23(32)33)28-24(34)19-9-4-3-5-10-19/h3-5,7-10,12-13,16,18,20H,6,11,14-15,17H2,1-2H3,(H,27,31)(H,28,34)(H,29,35)(H,32,33). The van der Waals surface area contributed by atoms with Crippen molar-refractivity contribution in [3.63, 3.8) is 0 Å². The van der Waals surface area contributed by atoms with Gasteiger partial charge >= 0.3 is 5.97 Å². The quantitative estimate of drug-likeness (QED) is 0.313. The lowest BCUT2D eigenvalue weighted by molar-refractivity contribution is -0.131. The van der Waals surface area contributed by atoms with E-state index < -0.39 is 29.4 Å². The number of nitrogens with zero attached hydrogens (tertiary/aromatic N) is 1. The zero-order valence-electron chi connectivity index (χ0n) is 20.4. The Labute approximate surface area is 209 Å². The summed E-state index contributed by atoms with van der Waals surface area (Å²) in [5.41, 5.74) is -0.261. The summed E-state index contributed by atoms with van der Waals surface area (Å²) in [4.78, 5) is 61.3. The molecule has 1 heterocycles. The Bertz CT molecular complexity index is 1140. The van der Waals surface area contributed by atoms with Crippen LogP contribution in [0.2, 0.25) is 0 Å². The van der Waals surface area contributed by atoms with Gasteiger partial charge in [-0.1, -0.05) is 38.1 Å². The second-order valence-electron chi connectivity index (χ2n) is 8.59. The number of carbonyl (C=O) groups is 4. The molecule has 10 heteroatoms. The summed E-state index contributed by atoms with van der Waals surface area (Å²) in [6, 6.07) is 10.2. The zero-order valence-corrected chi connectivity index (χ0v) is 20.4. The average Bonchev–Trinajstić information content (AvgIpc) is 2.83. The molecule has 0 spiro atoms. The van der Waals surface area contributed by atoms with Gasteiger partial charge in [-0.2, -0.15) is 0 Å². The minimum absolute atomic E-state index is 0.0440. The smallest absolute Gasteiger partial charge is 0.327 e. The molecule has 0 aliphatic carbocycles. The molecule has 0 fully saturated rings. The average molecular weight is 497 g/mol. The van der Waals surface area contributed by atoms with Crippen molar-refractivity contribution in [3.05, 3.63) is 76.7 Å². The number of rotatable bonds is 13. The maximum absolute atomic E-state index is 13.0. The van der Waals surface area contributed by atoms with E-state index in [4.69, 9.17) is 5.11 Å². The highest BCUT2D eigenvalue weighted by Crippen LogP contribution is 2.07. The molecule has 1 aromatic heterocycles. The molecule has 0 aliphatic rings. The predicted octanol–water partition coefficient (Wildman–Crippen LogP) is 2.17. The molecular weight excluding hydrogens is 464 g/mol. The van der Waals surface area contributed by atoms with E-state index in [1.54, 1.807) is 30.3 Å². The number of hydrogen-bond donors (Lipinski definition) is 4. The Morgan fingerprint density at radius 3 is 2.42 bits per heavy atom. The largest absolute Gasteiger partial charge is 0.478 e. The molecule has 1 aromatic carbocycles. The van der Waals surface area contributed by atoms with Crippen LogP contribution in [-0.2, 0) is 20.9 Å². The van der Waals surface area contributed by atoms with Crippen molar-refractivity contribution in [3.8, 4) is 0 Å². The Balaban J connectivity index is 2.12. The lowest BCUT2D eigenvalue weighted by atomic mass is 10.1. The molecule has 192 valence electrons. The lowest BCUT2D eigenvalue weighted by Gasteiger charge is -2.18. The summed E-state index contributed by atoms with van der Waals surface area (Å²) in [7, 11) is 0. The van der Waals surface area contributed by atoms with E-state index in [0.717, 1.165) is 12.5 Å². The summed E-state index contributed by atoms with van der Waals surface area (Å²) in [6.07, 6.45) is 4.91. The van der Waals surface area contributed by atoms with Crippen molar-refractivity contribution < 1.29 is 24.3 Å². The molecule has 4 N–H and O–H groups in total. The highest BCUT2D eigenvalue weighted by molar-refractivity contribution is 6.01. The van der Waals surface area contributed by atoms with Crippen LogP contribution in [-0.4, -0.2) is 46.0 Å². The van der Waals surface area contributed by atoms with E-state index in [-0.39, 0.29) is 31.0 Å². The highest BCUT2D eigenvalue weighted by Gasteiger charge is 2.22. The van der Waals surface area contributed by atoms with Crippen LogP contribution in [0.3, 0.4) is 0 Å². The number of allylic oxidation sites excluding steroid dienone is 1. The topological polar surface area (TPSA) is 147 Å². The van der Waals surface area contributed by atoms with Gasteiger partial charge in [0.05, 0.1) is 0 Å². The van der Waals surface area contributed by atoms with Crippen LogP contribution in [0.4, 0.5) is 5.69 Å². The van der Waals surface area contributed by atoms with Crippen LogP contribution < -0.4 is 21.5 Å². The lowest BCUT2D eigenvalue weighted by Crippen LogP contribution is -2.44. The third-order valence-electron chi connectivity index (χ3n) is 5.18. The van der Waals surface area contributed by atoms with E-state index in [1.807, 2.05) is 13.8 Å². The number of nitrogens with one attached hydrogen (secondary N) is 3. The Hall–Kier alpha value is -4.21. The molecule has 36 heavy (non-hydrogen) atoms. The number of benzene rings is 1. The van der Waals surface area contributed by atoms with Crippen molar-refractivity contribution in [2.45, 2.75) is 45.7 Å². The van der Waals surface area contributed by atoms with Crippen molar-refractivity contribution in [2.75, 3.05) is 11.9 Å². The maximum atomic E-state index is 13.0. The molecule has 10 nitrogen and oxygen atoms in total. The van der Waals surface area contributed by atoms with E-state index in [2.05, 4.69) is 16.0 Å². The number of aliphatic carboxylic acids is 1. The number of hydrogen-bond acceptors (Lipinski definition) is 5. The second-order valence-corrected chi connectivity index (χ2v) is 8.59. The molecular formula is C26H32N4O6. The first-order valence-electron chi connectivity index (χ1n) is 11.7. The van der Waals surface area contributed by atoms with Crippen LogP contribution >= 0.6 is 0 Å². The van der Waals surface area contributed by atoms with Gasteiger partial charge in [0.15, 0.2) is 0 Å². The molecule has 2 rings (SSSR count). The maximum Gasteiger partial charge on any atom is 0.327 e. The van der Waals surface area contributed by atoms with Crippen LogP contribution in [0.25, 0.3) is 0 Å². The van der Waals surface area contributed by atoms with Crippen LogP contribution in [0, 0.1) is 5.92 Å². The number of carboxylic acids is 1. The molecule has 0 bridgehead atoms. The highest BCUT2D eigenvalue weighted by atomic mass is 16.4. The Morgan fingerprint density at radius 1 is 1.03 bits per heavy atom. The molecule has 0 radical (unpaired) electrons. The van der Waals surface area contributed by atoms with Gasteiger partial charge in [0.2, 0.25) is 11.8 Å². The van der Waals surface area contributed by atoms with Gasteiger partial charge in [-0.25, -0.2) is 4.79 Å². The van der Waals surface area contributed by atoms with Crippen molar-refractivity contribution in [2.24, 2.45) is 5.92 Å². The molecule has 1 unspecified atom stereocenters. The fraction of sp³-hybridized carbons (Fsp3) is 0.346. The summed E-state index contributed by atoms with van der Waals surface area (Å²) < 4.78 is 1.19. The van der Waals surface area contributed by atoms with Gasteiger partial charge in [-0.05, 0) is 49.4 Å². The second kappa shape index (κ2) is 14.2. The van der Waals surface area contributed by atoms with E-state index in [1.165, 1.54) is 29.0 Å². The normalized spacial score (nSPS) is 11.8. The predicted molar refractivity (Wildman–Crippen MR) is 136 cm³/mol. The zero-order chi connectivity index (χ0) is 26.5. The monoisotopic (exact) mass is 496 g/mol. The SMILES string of the molecule is CC(C)CCNC(=O)Cn1cccc(NC(=O)C(CCC=CC(=O)O)NC(=O)c2ccccc2)c1=O. The Morgan fingerprint density at radius 2 is 1.75 bits per heavy atom. The van der Waals surface area contributed by atoms with E-state index in [0.29, 0.717) is 18.0 Å². The fourth-order valence-electron chi connectivity index (χ4n) is 3.23. The van der Waals surface area contributed by atoms with Crippen molar-refractivity contribution in [1.29, 1.82) is 0 Å². The fourth-order valence-corrected chi connectivity index (χ4v) is 3.23. The van der Waals surface area contributed by atoms with E-state index >= 15 is 0 Å². The number of amides is 3. The first kappa shape index (κ1) is 28.0. The van der Waals surface area contributed by atoms with Gasteiger partial charge < -0.3 is 25.6 Å². The van der Waals surface area contributed by atoms with Crippen LogP contribution in [0.5, 0.6) is 0 Å². The molecule has 0 aliphatic heterocycles. The molecule has 1 atom stereocenters. The summed E-state index contributed by atoms with van der Waals surface area (Å²) in [6.45, 7) is 4.39. The summed E-state index contributed by atoms with van der Waals surface area (Å²) in [5.74, 6) is -2.14. The van der Waals surface area contributed by atoms with Gasteiger partial charge in [-0.15, -0.1) is 0 Å². The summed E-state index contributed by atoms with van der Waals surface area (Å²) in [5, 5.41) is 16.7. The number of carbonyl (C=O) groups excluding carboxylic acids is 3. The van der Waals surface area contributed by atoms with Crippen molar-refractivity contribution in [1.82, 2.24) is 15.2 Å². The molecule has 0 saturated carbocycles. The third-order valence-corrected chi connectivity index (χ3v) is 5.18. The third kappa shape index (κ3) is 9.57. The van der Waals surface area contributed by atoms with Crippen LogP contribution in [0.15, 0.2) is 65.6 Å². The Kier molecular flexibility index (Phi) is 11.1. The summed E-state index contributed by atoms with van der Waals surface area (Å²) >= 11 is 0. The van der Waals surface area contributed by atoms with Crippen molar-refractivity contribution >= 4 is 29.4 Å². The van der Waals surface area contributed by atoms with Gasteiger partial charge in [0, 0.05) is 24.4 Å². The molecule has 0 saturated heterocycles. The van der Waals surface area contributed by atoms with Gasteiger partial charge in [0.1, 0.15) is 18.3 Å². The van der Waals surface area contributed by atoms with Gasteiger partial charge in [-0.3, -0.25) is 19.2 Å².